The Kier molecular flexibility index (Phi) is 7.37. The van der Waals surface area contributed by atoms with Crippen molar-refractivity contribution in [1.29, 1.82) is 0 Å². The number of likely N-dealkylation sites (tertiary alicyclic amines) is 1. The number of methoxy groups -OCH3 is 1. The van der Waals surface area contributed by atoms with Crippen LogP contribution in [-0.2, 0) is 14.3 Å². The van der Waals surface area contributed by atoms with Crippen LogP contribution in [-0.4, -0.2) is 43.5 Å². The van der Waals surface area contributed by atoms with Crippen LogP contribution in [0.25, 0.3) is 0 Å². The van der Waals surface area contributed by atoms with Gasteiger partial charge in [-0.05, 0) is 43.5 Å². The number of carbonyl (C=O) groups excluding carboxylic acids is 2. The summed E-state index contributed by atoms with van der Waals surface area (Å²) in [6.45, 7) is 3.97. The Morgan fingerprint density at radius 1 is 1.36 bits per heavy atom. The predicted molar refractivity (Wildman–Crippen MR) is 93.4 cm³/mol. The lowest BCUT2D eigenvalue weighted by atomic mass is 9.94. The van der Waals surface area contributed by atoms with E-state index in [0.29, 0.717) is 25.2 Å². The number of nitrogens with zero attached hydrogens (tertiary/aromatic N) is 1. The van der Waals surface area contributed by atoms with Crippen molar-refractivity contribution >= 4 is 11.9 Å². The molecule has 0 radical (unpaired) electrons. The Balaban J connectivity index is 2.10. The number of amides is 1. The first-order valence-electron chi connectivity index (χ1n) is 8.91. The topological polar surface area (TPSA) is 58.6 Å². The maximum absolute atomic E-state index is 13.2. The highest BCUT2D eigenvalue weighted by Crippen LogP contribution is 2.28. The molecule has 1 aromatic rings. The standard InChI is InChI=1S/C19H27FN2O3/c1-3-4-11-21-18(23)15-6-5-12-22(13-15)17(19(24)25-2)14-7-9-16(20)10-8-14/h7-10,15,17H,3-6,11-13H2,1-2H3,(H,21,23). The first-order valence-corrected chi connectivity index (χ1v) is 8.91. The van der Waals surface area contributed by atoms with Gasteiger partial charge >= 0.3 is 5.97 Å². The Hall–Kier alpha value is -1.95. The third kappa shape index (κ3) is 5.26. The summed E-state index contributed by atoms with van der Waals surface area (Å²) in [6, 6.07) is 5.26. The Labute approximate surface area is 148 Å². The second-order valence-corrected chi connectivity index (χ2v) is 6.46. The van der Waals surface area contributed by atoms with Gasteiger partial charge in [-0.15, -0.1) is 0 Å². The second kappa shape index (κ2) is 9.51. The molecule has 0 bridgehead atoms. The van der Waals surface area contributed by atoms with Crippen molar-refractivity contribution < 1.29 is 18.7 Å². The smallest absolute Gasteiger partial charge is 0.327 e. The molecule has 1 heterocycles. The van der Waals surface area contributed by atoms with Gasteiger partial charge in [0.2, 0.25) is 5.91 Å². The molecule has 1 aromatic carbocycles. The van der Waals surface area contributed by atoms with Crippen molar-refractivity contribution in [1.82, 2.24) is 10.2 Å². The number of piperidine rings is 1. The molecule has 1 N–H and O–H groups in total. The van der Waals surface area contributed by atoms with Crippen molar-refractivity contribution in [3.8, 4) is 0 Å². The largest absolute Gasteiger partial charge is 0.468 e. The van der Waals surface area contributed by atoms with Crippen molar-refractivity contribution in [2.45, 2.75) is 38.6 Å². The maximum atomic E-state index is 13.2. The molecular weight excluding hydrogens is 323 g/mol. The van der Waals surface area contributed by atoms with Crippen molar-refractivity contribution in [2.75, 3.05) is 26.7 Å². The number of rotatable bonds is 7. The quantitative estimate of drug-likeness (QED) is 0.607. The SMILES string of the molecule is CCCCNC(=O)C1CCCN(C(C(=O)OC)c2ccc(F)cc2)C1. The van der Waals surface area contributed by atoms with Crippen LogP contribution in [0.5, 0.6) is 0 Å². The minimum absolute atomic E-state index is 0.0425. The molecule has 0 aliphatic carbocycles. The number of benzene rings is 1. The van der Waals surface area contributed by atoms with E-state index in [2.05, 4.69) is 12.2 Å². The van der Waals surface area contributed by atoms with Crippen LogP contribution in [0.1, 0.15) is 44.2 Å². The Morgan fingerprint density at radius 3 is 2.72 bits per heavy atom. The summed E-state index contributed by atoms with van der Waals surface area (Å²) >= 11 is 0. The number of nitrogens with one attached hydrogen (secondary N) is 1. The van der Waals surface area contributed by atoms with Crippen molar-refractivity contribution in [3.05, 3.63) is 35.6 Å². The van der Waals surface area contributed by atoms with Gasteiger partial charge in [-0.1, -0.05) is 25.5 Å². The van der Waals surface area contributed by atoms with Gasteiger partial charge in [-0.2, -0.15) is 0 Å². The highest BCUT2D eigenvalue weighted by atomic mass is 19.1. The molecule has 0 aromatic heterocycles. The van der Waals surface area contributed by atoms with Gasteiger partial charge in [0.05, 0.1) is 13.0 Å². The number of esters is 1. The number of hydrogen-bond acceptors (Lipinski definition) is 4. The van der Waals surface area contributed by atoms with E-state index in [0.717, 1.165) is 25.7 Å². The maximum Gasteiger partial charge on any atom is 0.327 e. The molecule has 138 valence electrons. The molecule has 1 fully saturated rings. The van der Waals surface area contributed by atoms with E-state index in [9.17, 15) is 14.0 Å². The summed E-state index contributed by atoms with van der Waals surface area (Å²) in [7, 11) is 1.34. The van der Waals surface area contributed by atoms with Gasteiger partial charge in [-0.25, -0.2) is 9.18 Å². The molecule has 1 saturated heterocycles. The van der Waals surface area contributed by atoms with Gasteiger partial charge in [-0.3, -0.25) is 9.69 Å². The zero-order valence-electron chi connectivity index (χ0n) is 15.0. The van der Waals surface area contributed by atoms with Crippen LogP contribution in [0.4, 0.5) is 4.39 Å². The van der Waals surface area contributed by atoms with Gasteiger partial charge in [0.15, 0.2) is 0 Å². The van der Waals surface area contributed by atoms with E-state index in [-0.39, 0.29) is 17.6 Å². The molecule has 1 aliphatic rings. The van der Waals surface area contributed by atoms with Gasteiger partial charge in [0.1, 0.15) is 11.9 Å². The minimum atomic E-state index is -0.614. The van der Waals surface area contributed by atoms with Crippen LogP contribution in [0.2, 0.25) is 0 Å². The number of carbonyl (C=O) groups is 2. The van der Waals surface area contributed by atoms with E-state index in [4.69, 9.17) is 4.74 Å². The minimum Gasteiger partial charge on any atom is -0.468 e. The zero-order valence-corrected chi connectivity index (χ0v) is 15.0. The normalized spacial score (nSPS) is 19.2. The fraction of sp³-hybridized carbons (Fsp3) is 0.579. The lowest BCUT2D eigenvalue weighted by Crippen LogP contribution is -2.46. The van der Waals surface area contributed by atoms with E-state index >= 15 is 0 Å². The summed E-state index contributed by atoms with van der Waals surface area (Å²) < 4.78 is 18.2. The van der Waals surface area contributed by atoms with Crippen molar-refractivity contribution in [3.63, 3.8) is 0 Å². The molecule has 1 amide bonds. The van der Waals surface area contributed by atoms with Gasteiger partial charge in [0.25, 0.3) is 0 Å². The first kappa shape index (κ1) is 19.4. The molecule has 5 nitrogen and oxygen atoms in total. The molecular formula is C19H27FN2O3. The lowest BCUT2D eigenvalue weighted by Gasteiger charge is -2.36. The summed E-state index contributed by atoms with van der Waals surface area (Å²) in [5.41, 5.74) is 0.681. The first-order chi connectivity index (χ1) is 12.1. The third-order valence-electron chi connectivity index (χ3n) is 4.63. The van der Waals surface area contributed by atoms with E-state index in [1.807, 2.05) is 4.90 Å². The second-order valence-electron chi connectivity index (χ2n) is 6.46. The molecule has 25 heavy (non-hydrogen) atoms. The van der Waals surface area contributed by atoms with Gasteiger partial charge < -0.3 is 10.1 Å². The zero-order chi connectivity index (χ0) is 18.2. The van der Waals surface area contributed by atoms with Crippen LogP contribution >= 0.6 is 0 Å². The van der Waals surface area contributed by atoms with E-state index < -0.39 is 12.0 Å². The van der Waals surface area contributed by atoms with E-state index in [1.54, 1.807) is 12.1 Å². The average molecular weight is 350 g/mol. The Bertz CT molecular complexity index is 577. The van der Waals surface area contributed by atoms with Crippen LogP contribution < -0.4 is 5.32 Å². The molecule has 0 saturated carbocycles. The van der Waals surface area contributed by atoms with E-state index in [1.165, 1.54) is 19.2 Å². The molecule has 2 atom stereocenters. The number of hydrogen-bond donors (Lipinski definition) is 1. The van der Waals surface area contributed by atoms with Crippen LogP contribution in [0, 0.1) is 11.7 Å². The van der Waals surface area contributed by atoms with Crippen molar-refractivity contribution in [2.24, 2.45) is 5.92 Å². The van der Waals surface area contributed by atoms with Gasteiger partial charge in [0, 0.05) is 13.1 Å². The monoisotopic (exact) mass is 350 g/mol. The number of unbranched alkanes of at least 4 members (excludes halogenated alkanes) is 1. The number of ether oxygens (including phenoxy) is 1. The molecule has 0 spiro atoms. The number of halogens is 1. The summed E-state index contributed by atoms with van der Waals surface area (Å²) in [5, 5.41) is 2.97. The molecule has 6 heteroatoms. The summed E-state index contributed by atoms with van der Waals surface area (Å²) in [5.74, 6) is -0.836. The fourth-order valence-corrected chi connectivity index (χ4v) is 3.24. The van der Waals surface area contributed by atoms with Crippen LogP contribution in [0.15, 0.2) is 24.3 Å². The highest BCUT2D eigenvalue weighted by Gasteiger charge is 2.34. The third-order valence-corrected chi connectivity index (χ3v) is 4.63. The van der Waals surface area contributed by atoms with Crippen LogP contribution in [0.3, 0.4) is 0 Å². The Morgan fingerprint density at radius 2 is 2.08 bits per heavy atom. The predicted octanol–water partition coefficient (Wildman–Crippen LogP) is 2.67. The molecule has 2 rings (SSSR count). The average Bonchev–Trinajstić information content (AvgIpc) is 2.63. The molecule has 2 unspecified atom stereocenters. The lowest BCUT2D eigenvalue weighted by molar-refractivity contribution is -0.149. The fourth-order valence-electron chi connectivity index (χ4n) is 3.24. The summed E-state index contributed by atoms with van der Waals surface area (Å²) in [4.78, 5) is 26.6. The highest BCUT2D eigenvalue weighted by molar-refractivity contribution is 5.80. The summed E-state index contributed by atoms with van der Waals surface area (Å²) in [6.07, 6.45) is 3.64. The molecule has 1 aliphatic heterocycles.